The Hall–Kier alpha value is -1.78. The topological polar surface area (TPSA) is 60.5 Å². The second-order valence-electron chi connectivity index (χ2n) is 2.71. The zero-order chi connectivity index (χ0) is 11.1. The van der Waals surface area contributed by atoms with Crippen LogP contribution in [0.15, 0.2) is 18.3 Å². The van der Waals surface area contributed by atoms with Crippen molar-refractivity contribution >= 4 is 11.8 Å². The Labute approximate surface area is 88.4 Å². The van der Waals surface area contributed by atoms with E-state index in [0.717, 1.165) is 0 Å². The number of methoxy groups -OCH3 is 1. The van der Waals surface area contributed by atoms with E-state index in [1.54, 1.807) is 32.4 Å². The fraction of sp³-hybridized carbons (Fsp3) is 0.400. The quantitative estimate of drug-likeness (QED) is 0.736. The molecule has 0 fully saturated rings. The largest absolute Gasteiger partial charge is 0.493 e. The fourth-order valence-corrected chi connectivity index (χ4v) is 1.06. The third-order valence-electron chi connectivity index (χ3n) is 1.70. The average Bonchev–Trinajstić information content (AvgIpc) is 2.27. The van der Waals surface area contributed by atoms with Crippen LogP contribution < -0.4 is 10.1 Å². The first kappa shape index (κ1) is 11.3. The third-order valence-corrected chi connectivity index (χ3v) is 1.70. The first-order valence-corrected chi connectivity index (χ1v) is 4.66. The standard InChI is InChI=1S/C10H14N2O3/c1-3-15-9(13)7-12-10-8(14-2)5-4-6-11-10/h4-6H,3,7H2,1-2H3,(H,11,12). The molecular formula is C10H14N2O3. The number of anilines is 1. The second kappa shape index (κ2) is 5.85. The molecular weight excluding hydrogens is 196 g/mol. The van der Waals surface area contributed by atoms with E-state index in [1.807, 2.05) is 0 Å². The first-order chi connectivity index (χ1) is 7.27. The highest BCUT2D eigenvalue weighted by Gasteiger charge is 2.05. The number of hydrogen-bond donors (Lipinski definition) is 1. The lowest BCUT2D eigenvalue weighted by atomic mass is 10.4. The molecule has 1 heterocycles. The summed E-state index contributed by atoms with van der Waals surface area (Å²) < 4.78 is 9.83. The van der Waals surface area contributed by atoms with Crippen LogP contribution in [0.5, 0.6) is 5.75 Å². The molecule has 82 valence electrons. The molecule has 0 aliphatic carbocycles. The van der Waals surface area contributed by atoms with Gasteiger partial charge in [-0.3, -0.25) is 4.79 Å². The Balaban J connectivity index is 2.53. The van der Waals surface area contributed by atoms with Crippen LogP contribution in [0.2, 0.25) is 0 Å². The van der Waals surface area contributed by atoms with Gasteiger partial charge in [-0.2, -0.15) is 0 Å². The molecule has 15 heavy (non-hydrogen) atoms. The summed E-state index contributed by atoms with van der Waals surface area (Å²) in [6, 6.07) is 3.52. The van der Waals surface area contributed by atoms with Crippen molar-refractivity contribution < 1.29 is 14.3 Å². The molecule has 1 aromatic rings. The molecule has 0 saturated carbocycles. The Morgan fingerprint density at radius 2 is 2.40 bits per heavy atom. The van der Waals surface area contributed by atoms with Crippen LogP contribution in [0.25, 0.3) is 0 Å². The lowest BCUT2D eigenvalue weighted by molar-refractivity contribution is -0.140. The van der Waals surface area contributed by atoms with E-state index in [1.165, 1.54) is 0 Å². The van der Waals surface area contributed by atoms with Gasteiger partial charge in [0.25, 0.3) is 0 Å². The summed E-state index contributed by atoms with van der Waals surface area (Å²) in [7, 11) is 1.55. The van der Waals surface area contributed by atoms with Gasteiger partial charge in [-0.15, -0.1) is 0 Å². The summed E-state index contributed by atoms with van der Waals surface area (Å²) in [4.78, 5) is 15.1. The van der Waals surface area contributed by atoms with Crippen LogP contribution in [0.1, 0.15) is 6.92 Å². The molecule has 1 N–H and O–H groups in total. The molecule has 5 nitrogen and oxygen atoms in total. The molecule has 0 radical (unpaired) electrons. The van der Waals surface area contributed by atoms with E-state index in [9.17, 15) is 4.79 Å². The highest BCUT2D eigenvalue weighted by molar-refractivity contribution is 5.75. The molecule has 1 rings (SSSR count). The number of aromatic nitrogens is 1. The van der Waals surface area contributed by atoms with Crippen molar-refractivity contribution in [3.05, 3.63) is 18.3 Å². The van der Waals surface area contributed by atoms with E-state index in [4.69, 9.17) is 9.47 Å². The normalized spacial score (nSPS) is 9.47. The van der Waals surface area contributed by atoms with Crippen molar-refractivity contribution in [1.29, 1.82) is 0 Å². The smallest absolute Gasteiger partial charge is 0.325 e. The van der Waals surface area contributed by atoms with E-state index >= 15 is 0 Å². The van der Waals surface area contributed by atoms with E-state index < -0.39 is 0 Å². The molecule has 0 unspecified atom stereocenters. The molecule has 0 atom stereocenters. The second-order valence-corrected chi connectivity index (χ2v) is 2.71. The van der Waals surface area contributed by atoms with E-state index in [0.29, 0.717) is 18.2 Å². The summed E-state index contributed by atoms with van der Waals surface area (Å²) >= 11 is 0. The number of carbonyl (C=O) groups excluding carboxylic acids is 1. The molecule has 1 aromatic heterocycles. The minimum atomic E-state index is -0.315. The van der Waals surface area contributed by atoms with Gasteiger partial charge in [0, 0.05) is 6.20 Å². The Bertz CT molecular complexity index is 328. The van der Waals surface area contributed by atoms with Crippen molar-refractivity contribution in [2.45, 2.75) is 6.92 Å². The van der Waals surface area contributed by atoms with Crippen molar-refractivity contribution in [3.63, 3.8) is 0 Å². The minimum Gasteiger partial charge on any atom is -0.493 e. The van der Waals surface area contributed by atoms with Crippen LogP contribution in [-0.2, 0) is 9.53 Å². The molecule has 5 heteroatoms. The number of hydrogen-bond acceptors (Lipinski definition) is 5. The summed E-state index contributed by atoms with van der Waals surface area (Å²) in [6.45, 7) is 2.22. The number of nitrogens with zero attached hydrogens (tertiary/aromatic N) is 1. The van der Waals surface area contributed by atoms with Gasteiger partial charge in [0.1, 0.15) is 6.54 Å². The van der Waals surface area contributed by atoms with Gasteiger partial charge in [0.15, 0.2) is 11.6 Å². The monoisotopic (exact) mass is 210 g/mol. The van der Waals surface area contributed by atoms with Gasteiger partial charge in [-0.1, -0.05) is 0 Å². The Morgan fingerprint density at radius 1 is 1.60 bits per heavy atom. The number of rotatable bonds is 5. The van der Waals surface area contributed by atoms with E-state index in [2.05, 4.69) is 10.3 Å². The van der Waals surface area contributed by atoms with Gasteiger partial charge in [0.05, 0.1) is 13.7 Å². The summed E-state index contributed by atoms with van der Waals surface area (Å²) in [6.07, 6.45) is 1.62. The van der Waals surface area contributed by atoms with Crippen LogP contribution in [0.3, 0.4) is 0 Å². The van der Waals surface area contributed by atoms with Crippen molar-refractivity contribution in [2.24, 2.45) is 0 Å². The van der Waals surface area contributed by atoms with Crippen LogP contribution in [0.4, 0.5) is 5.82 Å². The molecule has 0 amide bonds. The highest BCUT2D eigenvalue weighted by Crippen LogP contribution is 2.19. The van der Waals surface area contributed by atoms with Gasteiger partial charge in [-0.05, 0) is 19.1 Å². The molecule has 0 aliphatic heterocycles. The van der Waals surface area contributed by atoms with Gasteiger partial charge in [0.2, 0.25) is 0 Å². The molecule has 0 saturated heterocycles. The Morgan fingerprint density at radius 3 is 3.07 bits per heavy atom. The first-order valence-electron chi connectivity index (χ1n) is 4.66. The van der Waals surface area contributed by atoms with Gasteiger partial charge >= 0.3 is 5.97 Å². The fourth-order valence-electron chi connectivity index (χ4n) is 1.06. The zero-order valence-corrected chi connectivity index (χ0v) is 8.82. The number of carbonyl (C=O) groups is 1. The maximum Gasteiger partial charge on any atom is 0.325 e. The molecule has 0 aliphatic rings. The number of pyridine rings is 1. The van der Waals surface area contributed by atoms with Crippen LogP contribution in [-0.4, -0.2) is 31.2 Å². The number of nitrogens with one attached hydrogen (secondary N) is 1. The number of ether oxygens (including phenoxy) is 2. The van der Waals surface area contributed by atoms with Crippen molar-refractivity contribution in [3.8, 4) is 5.75 Å². The van der Waals surface area contributed by atoms with Gasteiger partial charge in [-0.25, -0.2) is 4.98 Å². The van der Waals surface area contributed by atoms with Crippen LogP contribution in [0, 0.1) is 0 Å². The molecule has 0 bridgehead atoms. The van der Waals surface area contributed by atoms with E-state index in [-0.39, 0.29) is 12.5 Å². The van der Waals surface area contributed by atoms with Crippen molar-refractivity contribution in [1.82, 2.24) is 4.98 Å². The van der Waals surface area contributed by atoms with Crippen molar-refractivity contribution in [2.75, 3.05) is 25.6 Å². The summed E-state index contributed by atoms with van der Waals surface area (Å²) in [5.74, 6) is 0.819. The number of esters is 1. The minimum absolute atomic E-state index is 0.0845. The maximum absolute atomic E-state index is 11.1. The summed E-state index contributed by atoms with van der Waals surface area (Å²) in [5, 5.41) is 2.84. The summed E-state index contributed by atoms with van der Waals surface area (Å²) in [5.41, 5.74) is 0. The van der Waals surface area contributed by atoms with Crippen LogP contribution >= 0.6 is 0 Å². The SMILES string of the molecule is CCOC(=O)CNc1ncccc1OC. The highest BCUT2D eigenvalue weighted by atomic mass is 16.5. The Kier molecular flexibility index (Phi) is 4.40. The average molecular weight is 210 g/mol. The van der Waals surface area contributed by atoms with Gasteiger partial charge < -0.3 is 14.8 Å². The third kappa shape index (κ3) is 3.46. The lowest BCUT2D eigenvalue weighted by Gasteiger charge is -2.08. The molecule has 0 aromatic carbocycles. The zero-order valence-electron chi connectivity index (χ0n) is 8.82. The predicted octanol–water partition coefficient (Wildman–Crippen LogP) is 1.07. The lowest BCUT2D eigenvalue weighted by Crippen LogP contribution is -2.17. The molecule has 0 spiro atoms. The predicted molar refractivity (Wildman–Crippen MR) is 55.9 cm³/mol. The maximum atomic E-state index is 11.1.